The van der Waals surface area contributed by atoms with Crippen molar-refractivity contribution in [2.75, 3.05) is 19.8 Å². The molecule has 0 saturated heterocycles. The number of nitrogens with zero attached hydrogens (tertiary/aromatic N) is 2. The molecule has 1 aliphatic rings. The summed E-state index contributed by atoms with van der Waals surface area (Å²) in [5.74, 6) is 0.117. The van der Waals surface area contributed by atoms with E-state index in [1.54, 1.807) is 6.07 Å². The molecule has 0 spiro atoms. The van der Waals surface area contributed by atoms with E-state index in [1.165, 1.54) is 24.3 Å². The first-order valence-electron chi connectivity index (χ1n) is 9.76. The fourth-order valence-electron chi connectivity index (χ4n) is 3.24. The first-order valence-corrected chi connectivity index (χ1v) is 10.1. The topological polar surface area (TPSA) is 99.0 Å². The molecule has 2 aromatic rings. The van der Waals surface area contributed by atoms with E-state index in [-0.39, 0.29) is 22.8 Å². The van der Waals surface area contributed by atoms with Crippen LogP contribution in [0.25, 0.3) is 5.57 Å². The van der Waals surface area contributed by atoms with Crippen molar-refractivity contribution in [1.82, 2.24) is 4.90 Å². The third-order valence-electron chi connectivity index (χ3n) is 4.71. The van der Waals surface area contributed by atoms with Crippen molar-refractivity contribution < 1.29 is 24.0 Å². The minimum atomic E-state index is -0.587. The van der Waals surface area contributed by atoms with Crippen molar-refractivity contribution in [1.29, 1.82) is 0 Å². The highest BCUT2D eigenvalue weighted by Gasteiger charge is 2.37. The summed E-state index contributed by atoms with van der Waals surface area (Å²) in [6, 6.07) is 10.8. The smallest absolute Gasteiger partial charge is 0.273 e. The molecule has 1 heterocycles. The van der Waals surface area contributed by atoms with E-state index in [9.17, 15) is 19.7 Å². The molecular weight excluding hydrogens is 424 g/mol. The van der Waals surface area contributed by atoms with Gasteiger partial charge in [-0.3, -0.25) is 24.6 Å². The number of nitro groups is 1. The molecule has 0 atom stereocenters. The van der Waals surface area contributed by atoms with Crippen molar-refractivity contribution in [2.24, 2.45) is 0 Å². The highest BCUT2D eigenvalue weighted by Crippen LogP contribution is 2.33. The Morgan fingerprint density at radius 3 is 2.23 bits per heavy atom. The Hall–Kier alpha value is -3.39. The SMILES string of the molecule is CCOc1ccc(CCN2C(=O)C(Cl)=C(c3ccc([N+](=O)[O-])cc3)C2=O)cc1OCC. The number of hydrogen-bond donors (Lipinski definition) is 0. The second-order valence-corrected chi connectivity index (χ2v) is 7.03. The van der Waals surface area contributed by atoms with Gasteiger partial charge < -0.3 is 9.47 Å². The van der Waals surface area contributed by atoms with Crippen molar-refractivity contribution in [3.8, 4) is 11.5 Å². The molecule has 3 rings (SSSR count). The van der Waals surface area contributed by atoms with Gasteiger partial charge in [0.1, 0.15) is 5.03 Å². The van der Waals surface area contributed by atoms with Gasteiger partial charge in [-0.25, -0.2) is 0 Å². The lowest BCUT2D eigenvalue weighted by atomic mass is 10.1. The number of benzene rings is 2. The van der Waals surface area contributed by atoms with Crippen LogP contribution in [0.1, 0.15) is 25.0 Å². The van der Waals surface area contributed by atoms with Crippen molar-refractivity contribution in [3.05, 3.63) is 68.7 Å². The average molecular weight is 445 g/mol. The second-order valence-electron chi connectivity index (χ2n) is 6.65. The Kier molecular flexibility index (Phi) is 6.91. The number of hydrogen-bond acceptors (Lipinski definition) is 6. The van der Waals surface area contributed by atoms with E-state index < -0.39 is 16.7 Å². The molecule has 2 amide bonds. The van der Waals surface area contributed by atoms with Gasteiger partial charge in [-0.15, -0.1) is 0 Å². The standard InChI is InChI=1S/C22H21ClN2O6/c1-3-30-17-10-5-14(13-18(17)31-4-2)11-12-24-21(26)19(20(23)22(24)27)15-6-8-16(9-7-15)25(28)29/h5-10,13H,3-4,11-12H2,1-2H3. The Labute approximate surface area is 184 Å². The number of nitro benzene ring substituents is 1. The summed E-state index contributed by atoms with van der Waals surface area (Å²) >= 11 is 6.16. The maximum Gasteiger partial charge on any atom is 0.273 e. The van der Waals surface area contributed by atoms with Gasteiger partial charge in [0, 0.05) is 18.7 Å². The van der Waals surface area contributed by atoms with E-state index in [0.29, 0.717) is 36.7 Å². The van der Waals surface area contributed by atoms with Crippen molar-refractivity contribution in [3.63, 3.8) is 0 Å². The molecule has 0 fully saturated rings. The Bertz CT molecular complexity index is 1050. The maximum absolute atomic E-state index is 12.9. The van der Waals surface area contributed by atoms with E-state index in [1.807, 2.05) is 26.0 Å². The fourth-order valence-corrected chi connectivity index (χ4v) is 3.53. The number of halogens is 1. The average Bonchev–Trinajstić information content (AvgIpc) is 2.96. The number of rotatable bonds is 9. The van der Waals surface area contributed by atoms with Crippen LogP contribution >= 0.6 is 11.6 Å². The van der Waals surface area contributed by atoms with Crippen LogP contribution in [-0.4, -0.2) is 41.4 Å². The summed E-state index contributed by atoms with van der Waals surface area (Å²) in [6.45, 7) is 4.87. The Morgan fingerprint density at radius 1 is 0.968 bits per heavy atom. The van der Waals surface area contributed by atoms with Gasteiger partial charge in [0.2, 0.25) is 0 Å². The Balaban J connectivity index is 1.75. The third-order valence-corrected chi connectivity index (χ3v) is 5.06. The molecule has 0 radical (unpaired) electrons. The third kappa shape index (κ3) is 4.69. The number of imide groups is 1. The number of carbonyl (C=O) groups excluding carboxylic acids is 2. The van der Waals surface area contributed by atoms with Crippen LogP contribution in [0.5, 0.6) is 11.5 Å². The summed E-state index contributed by atoms with van der Waals surface area (Å²) in [7, 11) is 0. The van der Waals surface area contributed by atoms with Crippen LogP contribution < -0.4 is 9.47 Å². The van der Waals surface area contributed by atoms with Crippen LogP contribution in [0.3, 0.4) is 0 Å². The molecule has 1 aliphatic heterocycles. The summed E-state index contributed by atoms with van der Waals surface area (Å²) in [6.07, 6.45) is 0.404. The monoisotopic (exact) mass is 444 g/mol. The van der Waals surface area contributed by atoms with E-state index >= 15 is 0 Å². The van der Waals surface area contributed by atoms with Crippen molar-refractivity contribution >= 4 is 34.7 Å². The normalized spacial score (nSPS) is 13.7. The zero-order chi connectivity index (χ0) is 22.5. The molecule has 0 bridgehead atoms. The van der Waals surface area contributed by atoms with Crippen LogP contribution in [0.4, 0.5) is 5.69 Å². The zero-order valence-electron chi connectivity index (χ0n) is 17.1. The van der Waals surface area contributed by atoms with E-state index in [4.69, 9.17) is 21.1 Å². The highest BCUT2D eigenvalue weighted by molar-refractivity contribution is 6.55. The van der Waals surface area contributed by atoms with Crippen LogP contribution in [0, 0.1) is 10.1 Å². The largest absolute Gasteiger partial charge is 0.490 e. The first-order chi connectivity index (χ1) is 14.9. The summed E-state index contributed by atoms with van der Waals surface area (Å²) in [4.78, 5) is 36.8. The van der Waals surface area contributed by atoms with E-state index in [0.717, 1.165) is 10.5 Å². The molecule has 0 aliphatic carbocycles. The van der Waals surface area contributed by atoms with Crippen LogP contribution in [0.2, 0.25) is 0 Å². The lowest BCUT2D eigenvalue weighted by Crippen LogP contribution is -2.33. The molecule has 0 saturated carbocycles. The van der Waals surface area contributed by atoms with Gasteiger partial charge in [0.05, 0.1) is 23.7 Å². The summed E-state index contributed by atoms with van der Waals surface area (Å²) in [5, 5.41) is 10.6. The van der Waals surface area contributed by atoms with Crippen LogP contribution in [-0.2, 0) is 16.0 Å². The zero-order valence-corrected chi connectivity index (χ0v) is 17.8. The quantitative estimate of drug-likeness (QED) is 0.330. The number of ether oxygens (including phenoxy) is 2. The molecule has 8 nitrogen and oxygen atoms in total. The molecular formula is C22H21ClN2O6. The van der Waals surface area contributed by atoms with E-state index in [2.05, 4.69) is 0 Å². The van der Waals surface area contributed by atoms with Gasteiger partial charge in [-0.2, -0.15) is 0 Å². The Morgan fingerprint density at radius 2 is 1.61 bits per heavy atom. The maximum atomic E-state index is 12.9. The fraction of sp³-hybridized carbons (Fsp3) is 0.273. The summed E-state index contributed by atoms with van der Waals surface area (Å²) in [5.41, 5.74) is 1.15. The lowest BCUT2D eigenvalue weighted by Gasteiger charge is -2.16. The molecule has 31 heavy (non-hydrogen) atoms. The number of non-ortho nitro benzene ring substituents is 1. The van der Waals surface area contributed by atoms with Crippen molar-refractivity contribution in [2.45, 2.75) is 20.3 Å². The second kappa shape index (κ2) is 9.61. The minimum absolute atomic E-state index is 0.0447. The molecule has 0 N–H and O–H groups in total. The lowest BCUT2D eigenvalue weighted by molar-refractivity contribution is -0.384. The van der Waals surface area contributed by atoms with Gasteiger partial charge in [0.25, 0.3) is 17.5 Å². The highest BCUT2D eigenvalue weighted by atomic mass is 35.5. The molecule has 162 valence electrons. The first kappa shape index (κ1) is 22.3. The predicted octanol–water partition coefficient (Wildman–Crippen LogP) is 3.95. The number of amides is 2. The van der Waals surface area contributed by atoms with Gasteiger partial charge in [0.15, 0.2) is 11.5 Å². The molecule has 0 aromatic heterocycles. The molecule has 0 unspecified atom stereocenters. The number of carbonyl (C=O) groups is 2. The molecule has 9 heteroatoms. The summed E-state index contributed by atoms with van der Waals surface area (Å²) < 4.78 is 11.2. The minimum Gasteiger partial charge on any atom is -0.490 e. The van der Waals surface area contributed by atoms with Crippen LogP contribution in [0.15, 0.2) is 47.5 Å². The van der Waals surface area contributed by atoms with Gasteiger partial charge in [-0.1, -0.05) is 17.7 Å². The molecule has 2 aromatic carbocycles. The predicted molar refractivity (Wildman–Crippen MR) is 115 cm³/mol. The van der Waals surface area contributed by atoms with Gasteiger partial charge >= 0.3 is 0 Å². The van der Waals surface area contributed by atoms with Gasteiger partial charge in [-0.05, 0) is 55.7 Å².